The molecule has 1 saturated heterocycles. The summed E-state index contributed by atoms with van der Waals surface area (Å²) in [5, 5.41) is 10.1. The zero-order valence-electron chi connectivity index (χ0n) is 11.7. The highest BCUT2D eigenvalue weighted by Crippen LogP contribution is 2.33. The van der Waals surface area contributed by atoms with Gasteiger partial charge in [0.25, 0.3) is 0 Å². The quantitative estimate of drug-likeness (QED) is 0.818. The van der Waals surface area contributed by atoms with Gasteiger partial charge in [-0.05, 0) is 42.9 Å². The molecular weight excluding hydrogens is 210 g/mol. The number of nitrogens with zero attached hydrogens (tertiary/aromatic N) is 1. The van der Waals surface area contributed by atoms with Crippen molar-refractivity contribution in [1.82, 2.24) is 4.90 Å². The van der Waals surface area contributed by atoms with E-state index in [1.54, 1.807) is 0 Å². The summed E-state index contributed by atoms with van der Waals surface area (Å²) < 4.78 is 0. The first-order chi connectivity index (χ1) is 8.10. The lowest BCUT2D eigenvalue weighted by Crippen LogP contribution is -2.38. The van der Waals surface area contributed by atoms with Crippen molar-refractivity contribution in [1.29, 1.82) is 0 Å². The van der Waals surface area contributed by atoms with Crippen LogP contribution in [0.4, 0.5) is 0 Å². The molecule has 1 aliphatic heterocycles. The van der Waals surface area contributed by atoms with Crippen LogP contribution >= 0.6 is 0 Å². The maximum atomic E-state index is 10.1. The number of aliphatic hydroxyl groups excluding tert-OH is 1. The Bertz CT molecular complexity index is 233. The molecule has 0 spiro atoms. The lowest BCUT2D eigenvalue weighted by atomic mass is 9.78. The highest BCUT2D eigenvalue weighted by atomic mass is 16.3. The molecule has 2 heteroatoms. The summed E-state index contributed by atoms with van der Waals surface area (Å²) in [6.45, 7) is 10.6. The molecule has 2 nitrogen and oxygen atoms in total. The third-order valence-electron chi connectivity index (χ3n) is 5.18. The first-order valence-electron chi connectivity index (χ1n) is 7.50. The van der Waals surface area contributed by atoms with Gasteiger partial charge in [0.05, 0.1) is 6.10 Å². The minimum absolute atomic E-state index is 0.0380. The normalized spacial score (nSPS) is 44.1. The van der Waals surface area contributed by atoms with E-state index >= 15 is 0 Å². The predicted octanol–water partition coefficient (Wildman–Crippen LogP) is 2.76. The summed E-state index contributed by atoms with van der Waals surface area (Å²) in [5.74, 6) is 3.06. The smallest absolute Gasteiger partial charge is 0.0580 e. The van der Waals surface area contributed by atoms with Crippen molar-refractivity contribution in [2.24, 2.45) is 23.7 Å². The summed E-state index contributed by atoms with van der Waals surface area (Å²) in [6.07, 6.45) is 4.76. The summed E-state index contributed by atoms with van der Waals surface area (Å²) in [7, 11) is 0. The summed E-state index contributed by atoms with van der Waals surface area (Å²) in [5.41, 5.74) is 0. The fourth-order valence-electron chi connectivity index (χ4n) is 3.64. The van der Waals surface area contributed by atoms with Gasteiger partial charge < -0.3 is 10.0 Å². The van der Waals surface area contributed by atoms with Crippen molar-refractivity contribution < 1.29 is 5.11 Å². The Hall–Kier alpha value is -0.0800. The molecule has 0 aromatic rings. The molecular formula is C15H29NO. The number of hydrogen-bond donors (Lipinski definition) is 1. The fourth-order valence-corrected chi connectivity index (χ4v) is 3.64. The molecule has 1 aliphatic carbocycles. The van der Waals surface area contributed by atoms with Crippen LogP contribution in [0.25, 0.3) is 0 Å². The summed E-state index contributed by atoms with van der Waals surface area (Å²) >= 11 is 0. The topological polar surface area (TPSA) is 23.5 Å². The van der Waals surface area contributed by atoms with E-state index in [4.69, 9.17) is 0 Å². The van der Waals surface area contributed by atoms with Crippen LogP contribution in [-0.2, 0) is 0 Å². The molecule has 0 aromatic heterocycles. The van der Waals surface area contributed by atoms with E-state index in [1.807, 2.05) is 0 Å². The number of rotatable bonds is 3. The summed E-state index contributed by atoms with van der Waals surface area (Å²) in [4.78, 5) is 2.58. The highest BCUT2D eigenvalue weighted by Gasteiger charge is 2.33. The third kappa shape index (κ3) is 3.23. The SMILES string of the molecule is CCC1CCC(O)C(CN2CC(C)C(C)C2)C1. The van der Waals surface area contributed by atoms with E-state index in [1.165, 1.54) is 32.4 Å². The van der Waals surface area contributed by atoms with Crippen molar-refractivity contribution in [3.8, 4) is 0 Å². The van der Waals surface area contributed by atoms with Crippen molar-refractivity contribution in [2.45, 2.75) is 52.6 Å². The molecule has 0 amide bonds. The van der Waals surface area contributed by atoms with Gasteiger partial charge in [0, 0.05) is 19.6 Å². The second-order valence-corrected chi connectivity index (χ2v) is 6.59. The molecule has 1 N–H and O–H groups in total. The van der Waals surface area contributed by atoms with Crippen LogP contribution < -0.4 is 0 Å². The molecule has 0 bridgehead atoms. The molecule has 5 unspecified atom stereocenters. The zero-order valence-corrected chi connectivity index (χ0v) is 11.7. The molecule has 5 atom stereocenters. The van der Waals surface area contributed by atoms with Gasteiger partial charge in [-0.2, -0.15) is 0 Å². The molecule has 0 aromatic carbocycles. The van der Waals surface area contributed by atoms with Crippen LogP contribution in [0.15, 0.2) is 0 Å². The minimum atomic E-state index is -0.0380. The van der Waals surface area contributed by atoms with E-state index in [2.05, 4.69) is 25.7 Å². The molecule has 2 aliphatic rings. The van der Waals surface area contributed by atoms with Crippen molar-refractivity contribution in [3.63, 3.8) is 0 Å². The average Bonchev–Trinajstić information content (AvgIpc) is 2.61. The Labute approximate surface area is 106 Å². The van der Waals surface area contributed by atoms with Gasteiger partial charge in [0.2, 0.25) is 0 Å². The first kappa shape index (κ1) is 13.4. The van der Waals surface area contributed by atoms with Crippen molar-refractivity contribution in [2.75, 3.05) is 19.6 Å². The van der Waals surface area contributed by atoms with Crippen LogP contribution in [0.3, 0.4) is 0 Å². The molecule has 2 rings (SSSR count). The molecule has 0 radical (unpaired) electrons. The van der Waals surface area contributed by atoms with E-state index in [9.17, 15) is 5.11 Å². The molecule has 17 heavy (non-hydrogen) atoms. The average molecular weight is 239 g/mol. The lowest BCUT2D eigenvalue weighted by molar-refractivity contribution is 0.0298. The van der Waals surface area contributed by atoms with E-state index in [0.717, 1.165) is 30.7 Å². The van der Waals surface area contributed by atoms with E-state index < -0.39 is 0 Å². The lowest BCUT2D eigenvalue weighted by Gasteiger charge is -2.35. The molecule has 2 fully saturated rings. The zero-order chi connectivity index (χ0) is 12.4. The van der Waals surface area contributed by atoms with Gasteiger partial charge in [0.1, 0.15) is 0 Å². The van der Waals surface area contributed by atoms with Crippen LogP contribution in [0.5, 0.6) is 0 Å². The fraction of sp³-hybridized carbons (Fsp3) is 1.00. The Morgan fingerprint density at radius 2 is 1.76 bits per heavy atom. The standard InChI is InChI=1S/C15H29NO/c1-4-13-5-6-15(17)14(7-13)10-16-8-11(2)12(3)9-16/h11-15,17H,4-10H2,1-3H3. The molecule has 100 valence electrons. The second kappa shape index (κ2) is 5.71. The maximum absolute atomic E-state index is 10.1. The van der Waals surface area contributed by atoms with E-state index in [-0.39, 0.29) is 6.10 Å². The Morgan fingerprint density at radius 3 is 2.35 bits per heavy atom. The minimum Gasteiger partial charge on any atom is -0.393 e. The van der Waals surface area contributed by atoms with E-state index in [0.29, 0.717) is 5.92 Å². The number of aliphatic hydroxyl groups is 1. The van der Waals surface area contributed by atoms with Gasteiger partial charge in [-0.1, -0.05) is 27.2 Å². The number of hydrogen-bond acceptors (Lipinski definition) is 2. The van der Waals surface area contributed by atoms with Gasteiger partial charge in [0.15, 0.2) is 0 Å². The summed E-state index contributed by atoms with van der Waals surface area (Å²) in [6, 6.07) is 0. The number of likely N-dealkylation sites (tertiary alicyclic amines) is 1. The van der Waals surface area contributed by atoms with Crippen LogP contribution in [0, 0.1) is 23.7 Å². The van der Waals surface area contributed by atoms with Crippen molar-refractivity contribution >= 4 is 0 Å². The predicted molar refractivity (Wildman–Crippen MR) is 71.9 cm³/mol. The van der Waals surface area contributed by atoms with Gasteiger partial charge in [-0.25, -0.2) is 0 Å². The largest absolute Gasteiger partial charge is 0.393 e. The van der Waals surface area contributed by atoms with Gasteiger partial charge in [-0.15, -0.1) is 0 Å². The first-order valence-corrected chi connectivity index (χ1v) is 7.50. The molecule has 1 saturated carbocycles. The van der Waals surface area contributed by atoms with Crippen molar-refractivity contribution in [3.05, 3.63) is 0 Å². The van der Waals surface area contributed by atoms with Crippen LogP contribution in [-0.4, -0.2) is 35.7 Å². The van der Waals surface area contributed by atoms with Gasteiger partial charge >= 0.3 is 0 Å². The maximum Gasteiger partial charge on any atom is 0.0580 e. The second-order valence-electron chi connectivity index (χ2n) is 6.59. The van der Waals surface area contributed by atoms with Gasteiger partial charge in [-0.3, -0.25) is 0 Å². The van der Waals surface area contributed by atoms with Crippen LogP contribution in [0.2, 0.25) is 0 Å². The Balaban J connectivity index is 1.85. The highest BCUT2D eigenvalue weighted by molar-refractivity contribution is 4.85. The monoisotopic (exact) mass is 239 g/mol. The molecule has 1 heterocycles. The van der Waals surface area contributed by atoms with Crippen LogP contribution in [0.1, 0.15) is 46.5 Å². The Kier molecular flexibility index (Phi) is 4.48. The third-order valence-corrected chi connectivity index (χ3v) is 5.18. The Morgan fingerprint density at radius 1 is 1.12 bits per heavy atom.